The van der Waals surface area contributed by atoms with Crippen LogP contribution in [0.4, 0.5) is 5.82 Å². The summed E-state index contributed by atoms with van der Waals surface area (Å²) in [5, 5.41) is 11.7. The standard InChI is InChI=1S/C19H16N4/c1-3-7-14(8-4-1)12-20-18-17-11-16(13-21-19(17)23-22-18)15-9-5-2-6-10-15/h1-11,13H,12H2,(H2,20,21,22,23). The van der Waals surface area contributed by atoms with Gasteiger partial charge in [0.25, 0.3) is 0 Å². The van der Waals surface area contributed by atoms with E-state index >= 15 is 0 Å². The Morgan fingerprint density at radius 1 is 0.870 bits per heavy atom. The highest BCUT2D eigenvalue weighted by atomic mass is 15.2. The highest BCUT2D eigenvalue weighted by molar-refractivity contribution is 5.90. The number of aromatic nitrogens is 3. The number of hydrogen-bond acceptors (Lipinski definition) is 3. The number of fused-ring (bicyclic) bond motifs is 1. The molecule has 4 heteroatoms. The van der Waals surface area contributed by atoms with E-state index in [1.165, 1.54) is 5.56 Å². The lowest BCUT2D eigenvalue weighted by atomic mass is 10.1. The van der Waals surface area contributed by atoms with Gasteiger partial charge >= 0.3 is 0 Å². The lowest BCUT2D eigenvalue weighted by molar-refractivity contribution is 1.05. The number of nitrogens with one attached hydrogen (secondary N) is 2. The molecule has 4 aromatic rings. The summed E-state index contributed by atoms with van der Waals surface area (Å²) in [6, 6.07) is 22.6. The molecule has 2 aromatic carbocycles. The largest absolute Gasteiger partial charge is 0.364 e. The van der Waals surface area contributed by atoms with Crippen LogP contribution in [0.25, 0.3) is 22.2 Å². The van der Waals surface area contributed by atoms with Crippen molar-refractivity contribution in [2.75, 3.05) is 5.32 Å². The van der Waals surface area contributed by atoms with Crippen molar-refractivity contribution in [2.24, 2.45) is 0 Å². The number of aromatic amines is 1. The van der Waals surface area contributed by atoms with Crippen molar-refractivity contribution in [3.05, 3.63) is 78.5 Å². The molecule has 0 amide bonds. The van der Waals surface area contributed by atoms with Crippen LogP contribution in [-0.4, -0.2) is 15.2 Å². The van der Waals surface area contributed by atoms with Crippen molar-refractivity contribution in [2.45, 2.75) is 6.54 Å². The molecule has 0 aliphatic carbocycles. The third-order valence-electron chi connectivity index (χ3n) is 3.83. The first-order valence-corrected chi connectivity index (χ1v) is 7.57. The molecular weight excluding hydrogens is 284 g/mol. The van der Waals surface area contributed by atoms with E-state index in [4.69, 9.17) is 0 Å². The number of benzene rings is 2. The van der Waals surface area contributed by atoms with Crippen molar-refractivity contribution in [1.82, 2.24) is 15.2 Å². The maximum absolute atomic E-state index is 4.48. The van der Waals surface area contributed by atoms with Crippen LogP contribution in [0.15, 0.2) is 72.9 Å². The van der Waals surface area contributed by atoms with Crippen molar-refractivity contribution in [1.29, 1.82) is 0 Å². The average Bonchev–Trinajstić information content (AvgIpc) is 3.04. The van der Waals surface area contributed by atoms with Gasteiger partial charge in [-0.15, -0.1) is 0 Å². The molecule has 23 heavy (non-hydrogen) atoms. The Labute approximate surface area is 134 Å². The van der Waals surface area contributed by atoms with Gasteiger partial charge in [-0.3, -0.25) is 5.10 Å². The van der Waals surface area contributed by atoms with E-state index in [2.05, 4.69) is 50.8 Å². The maximum atomic E-state index is 4.48. The van der Waals surface area contributed by atoms with Crippen LogP contribution in [0.3, 0.4) is 0 Å². The number of nitrogens with zero attached hydrogens (tertiary/aromatic N) is 2. The number of H-pyrrole nitrogens is 1. The Balaban J connectivity index is 1.65. The molecule has 0 spiro atoms. The summed E-state index contributed by atoms with van der Waals surface area (Å²) in [4.78, 5) is 4.48. The average molecular weight is 300 g/mol. The third kappa shape index (κ3) is 2.79. The molecule has 4 rings (SSSR count). The van der Waals surface area contributed by atoms with Gasteiger partial charge in [0, 0.05) is 18.3 Å². The summed E-state index contributed by atoms with van der Waals surface area (Å²) in [5.41, 5.74) is 4.25. The predicted octanol–water partition coefficient (Wildman–Crippen LogP) is 4.24. The van der Waals surface area contributed by atoms with Gasteiger partial charge in [-0.05, 0) is 17.2 Å². The fourth-order valence-corrected chi connectivity index (χ4v) is 2.61. The molecule has 0 radical (unpaired) electrons. The molecule has 112 valence electrons. The van der Waals surface area contributed by atoms with E-state index < -0.39 is 0 Å². The van der Waals surface area contributed by atoms with Crippen LogP contribution >= 0.6 is 0 Å². The van der Waals surface area contributed by atoms with Gasteiger partial charge in [0.15, 0.2) is 11.5 Å². The lowest BCUT2D eigenvalue weighted by Crippen LogP contribution is -1.99. The summed E-state index contributed by atoms with van der Waals surface area (Å²) < 4.78 is 0. The molecule has 0 fully saturated rings. The van der Waals surface area contributed by atoms with Crippen LogP contribution in [0.5, 0.6) is 0 Å². The maximum Gasteiger partial charge on any atom is 0.157 e. The van der Waals surface area contributed by atoms with E-state index in [-0.39, 0.29) is 0 Å². The highest BCUT2D eigenvalue weighted by Gasteiger charge is 2.08. The first-order valence-electron chi connectivity index (χ1n) is 7.57. The minimum atomic E-state index is 0.732. The summed E-state index contributed by atoms with van der Waals surface area (Å²) in [6.45, 7) is 0.732. The Bertz CT molecular complexity index is 914. The van der Waals surface area contributed by atoms with Gasteiger partial charge in [-0.25, -0.2) is 4.98 Å². The second kappa shape index (κ2) is 5.93. The van der Waals surface area contributed by atoms with E-state index in [0.717, 1.165) is 34.5 Å². The molecule has 0 atom stereocenters. The predicted molar refractivity (Wildman–Crippen MR) is 93.1 cm³/mol. The smallest absolute Gasteiger partial charge is 0.157 e. The van der Waals surface area contributed by atoms with E-state index in [1.54, 1.807) is 0 Å². The van der Waals surface area contributed by atoms with Gasteiger partial charge in [0.2, 0.25) is 0 Å². The van der Waals surface area contributed by atoms with E-state index in [1.807, 2.05) is 42.6 Å². The quantitative estimate of drug-likeness (QED) is 0.593. The van der Waals surface area contributed by atoms with Crippen molar-refractivity contribution in [3.63, 3.8) is 0 Å². The number of pyridine rings is 1. The van der Waals surface area contributed by atoms with Gasteiger partial charge in [0.05, 0.1) is 5.39 Å². The molecule has 0 aliphatic heterocycles. The monoisotopic (exact) mass is 300 g/mol. The van der Waals surface area contributed by atoms with Crippen LogP contribution < -0.4 is 5.32 Å². The van der Waals surface area contributed by atoms with E-state index in [9.17, 15) is 0 Å². The zero-order valence-electron chi connectivity index (χ0n) is 12.5. The van der Waals surface area contributed by atoms with Gasteiger partial charge < -0.3 is 5.32 Å². The topological polar surface area (TPSA) is 53.6 Å². The van der Waals surface area contributed by atoms with Crippen LogP contribution in [-0.2, 0) is 6.54 Å². The Hall–Kier alpha value is -3.14. The van der Waals surface area contributed by atoms with Crippen molar-refractivity contribution < 1.29 is 0 Å². The molecule has 2 aromatic heterocycles. The molecule has 2 heterocycles. The van der Waals surface area contributed by atoms with Gasteiger partial charge in [-0.1, -0.05) is 60.7 Å². The minimum Gasteiger partial charge on any atom is -0.364 e. The SMILES string of the molecule is c1ccc(CNc2n[nH]c3ncc(-c4ccccc4)cc23)cc1. The molecule has 2 N–H and O–H groups in total. The fourth-order valence-electron chi connectivity index (χ4n) is 2.61. The third-order valence-corrected chi connectivity index (χ3v) is 3.83. The molecule has 4 nitrogen and oxygen atoms in total. The van der Waals surface area contributed by atoms with E-state index in [0.29, 0.717) is 0 Å². The second-order valence-corrected chi connectivity index (χ2v) is 5.40. The zero-order valence-corrected chi connectivity index (χ0v) is 12.5. The Morgan fingerprint density at radius 2 is 1.61 bits per heavy atom. The van der Waals surface area contributed by atoms with Crippen LogP contribution in [0.2, 0.25) is 0 Å². The van der Waals surface area contributed by atoms with Crippen molar-refractivity contribution in [3.8, 4) is 11.1 Å². The molecule has 0 unspecified atom stereocenters. The first-order chi connectivity index (χ1) is 11.4. The summed E-state index contributed by atoms with van der Waals surface area (Å²) in [5.74, 6) is 0.828. The number of rotatable bonds is 4. The second-order valence-electron chi connectivity index (χ2n) is 5.40. The van der Waals surface area contributed by atoms with Crippen molar-refractivity contribution >= 4 is 16.9 Å². The minimum absolute atomic E-state index is 0.732. The first kappa shape index (κ1) is 13.5. The summed E-state index contributed by atoms with van der Waals surface area (Å²) in [7, 11) is 0. The van der Waals surface area contributed by atoms with Gasteiger partial charge in [0.1, 0.15) is 0 Å². The zero-order chi connectivity index (χ0) is 15.5. The molecule has 0 bridgehead atoms. The van der Waals surface area contributed by atoms with Crippen LogP contribution in [0, 0.1) is 0 Å². The fraction of sp³-hybridized carbons (Fsp3) is 0.0526. The Kier molecular flexibility index (Phi) is 3.48. The van der Waals surface area contributed by atoms with Crippen LogP contribution in [0.1, 0.15) is 5.56 Å². The number of anilines is 1. The molecular formula is C19H16N4. The number of hydrogen-bond donors (Lipinski definition) is 2. The normalized spacial score (nSPS) is 10.8. The molecule has 0 saturated carbocycles. The molecule has 0 aliphatic rings. The lowest BCUT2D eigenvalue weighted by Gasteiger charge is -2.05. The van der Waals surface area contributed by atoms with Gasteiger partial charge in [-0.2, -0.15) is 5.10 Å². The molecule has 0 saturated heterocycles. The summed E-state index contributed by atoms with van der Waals surface area (Å²) in [6.07, 6.45) is 1.87. The summed E-state index contributed by atoms with van der Waals surface area (Å²) >= 11 is 0. The highest BCUT2D eigenvalue weighted by Crippen LogP contribution is 2.26. The Morgan fingerprint density at radius 3 is 2.39 bits per heavy atom.